The van der Waals surface area contributed by atoms with Gasteiger partial charge in [0, 0.05) is 28.0 Å². The molecule has 160 valence electrons. The van der Waals surface area contributed by atoms with Gasteiger partial charge in [0.05, 0.1) is 16.8 Å². The summed E-state index contributed by atoms with van der Waals surface area (Å²) in [5.41, 5.74) is 11.7. The van der Waals surface area contributed by atoms with Crippen LogP contribution in [-0.2, 0) is 5.41 Å². The van der Waals surface area contributed by atoms with Crippen molar-refractivity contribution in [2.75, 3.05) is 11.4 Å². The van der Waals surface area contributed by atoms with Crippen molar-refractivity contribution in [2.24, 2.45) is 0 Å². The zero-order valence-electron chi connectivity index (χ0n) is 18.2. The average molecular weight is 491 g/mol. The fraction of sp³-hybridized carbons (Fsp3) is 0.133. The Bertz CT molecular complexity index is 1390. The Labute approximate surface area is 202 Å². The highest BCUT2D eigenvalue weighted by molar-refractivity contribution is 9.10. The summed E-state index contributed by atoms with van der Waals surface area (Å²) in [4.78, 5) is 2.43. The molecule has 1 N–H and O–H groups in total. The van der Waals surface area contributed by atoms with Gasteiger partial charge in [-0.15, -0.1) is 0 Å². The molecule has 3 heteroatoms. The van der Waals surface area contributed by atoms with E-state index in [0.717, 1.165) is 23.9 Å². The van der Waals surface area contributed by atoms with Gasteiger partial charge in [-0.1, -0.05) is 76.6 Å². The number of nitrogens with zero attached hydrogens (tertiary/aromatic N) is 1. The first-order valence-electron chi connectivity index (χ1n) is 11.6. The minimum atomic E-state index is -0.291. The highest BCUT2D eigenvalue weighted by Crippen LogP contribution is 2.63. The number of anilines is 3. The molecule has 0 amide bonds. The summed E-state index contributed by atoms with van der Waals surface area (Å²) in [5.74, 6) is 0. The van der Waals surface area contributed by atoms with Crippen LogP contribution in [0.2, 0.25) is 0 Å². The monoisotopic (exact) mass is 490 g/mol. The van der Waals surface area contributed by atoms with E-state index in [1.807, 2.05) is 0 Å². The zero-order valence-corrected chi connectivity index (χ0v) is 19.8. The van der Waals surface area contributed by atoms with Gasteiger partial charge in [-0.3, -0.25) is 0 Å². The Hall–Kier alpha value is -3.30. The van der Waals surface area contributed by atoms with Gasteiger partial charge in [-0.2, -0.15) is 0 Å². The van der Waals surface area contributed by atoms with Crippen LogP contribution in [0, 0.1) is 0 Å². The van der Waals surface area contributed by atoms with E-state index in [1.54, 1.807) is 0 Å². The minimum Gasteiger partial charge on any atom is -0.385 e. The lowest BCUT2D eigenvalue weighted by atomic mass is 9.63. The van der Waals surface area contributed by atoms with Crippen LogP contribution in [-0.4, -0.2) is 6.54 Å². The quantitative estimate of drug-likeness (QED) is 0.294. The maximum absolute atomic E-state index is 3.79. The van der Waals surface area contributed by atoms with Crippen LogP contribution in [0.15, 0.2) is 107 Å². The van der Waals surface area contributed by atoms with Crippen molar-refractivity contribution in [3.63, 3.8) is 0 Å². The molecule has 2 nitrogen and oxygen atoms in total. The zero-order chi connectivity index (χ0) is 22.0. The van der Waals surface area contributed by atoms with Crippen LogP contribution in [0.1, 0.15) is 35.1 Å². The van der Waals surface area contributed by atoms with Crippen molar-refractivity contribution in [1.29, 1.82) is 0 Å². The summed E-state index contributed by atoms with van der Waals surface area (Å²) < 4.78 is 1.13. The van der Waals surface area contributed by atoms with Crippen LogP contribution >= 0.6 is 15.9 Å². The molecule has 0 fully saturated rings. The number of benzene rings is 4. The maximum Gasteiger partial charge on any atom is 0.0732 e. The third-order valence-corrected chi connectivity index (χ3v) is 7.92. The fourth-order valence-electron chi connectivity index (χ4n) is 6.27. The number of hydrogen-bond acceptors (Lipinski definition) is 2. The summed E-state index contributed by atoms with van der Waals surface area (Å²) in [5, 5.41) is 3.78. The van der Waals surface area contributed by atoms with E-state index < -0.39 is 0 Å². The molecule has 4 aromatic carbocycles. The largest absolute Gasteiger partial charge is 0.385 e. The Morgan fingerprint density at radius 1 is 0.727 bits per heavy atom. The third-order valence-electron chi connectivity index (χ3n) is 7.43. The van der Waals surface area contributed by atoms with Crippen molar-refractivity contribution in [1.82, 2.24) is 5.32 Å². The number of fused-ring (bicyclic) bond motifs is 8. The highest BCUT2D eigenvalue weighted by atomic mass is 79.9. The molecule has 0 aromatic heterocycles. The highest BCUT2D eigenvalue weighted by Gasteiger charge is 2.53. The van der Waals surface area contributed by atoms with Gasteiger partial charge in [0.1, 0.15) is 0 Å². The number of nitrogens with one attached hydrogen (secondary N) is 1. The minimum absolute atomic E-state index is 0.291. The van der Waals surface area contributed by atoms with Crippen molar-refractivity contribution in [2.45, 2.75) is 18.3 Å². The van der Waals surface area contributed by atoms with E-state index in [1.165, 1.54) is 50.6 Å². The van der Waals surface area contributed by atoms with E-state index >= 15 is 0 Å². The lowest BCUT2D eigenvalue weighted by molar-refractivity contribution is 0.631. The maximum atomic E-state index is 3.79. The first-order valence-corrected chi connectivity index (χ1v) is 12.4. The van der Waals surface area contributed by atoms with Crippen molar-refractivity contribution in [3.8, 4) is 0 Å². The summed E-state index contributed by atoms with van der Waals surface area (Å²) in [6, 6.07) is 35.5. The SMILES string of the molecule is Brc1ccc2c(c1)C1(C3=C2NCCC3)c2ccccc2N(c2ccccc2)c2ccccc21. The van der Waals surface area contributed by atoms with Gasteiger partial charge in [-0.05, 0) is 71.5 Å². The molecule has 0 saturated carbocycles. The molecule has 1 spiro atoms. The van der Waals surface area contributed by atoms with E-state index in [2.05, 4.69) is 123 Å². The molecule has 4 aromatic rings. The normalized spacial score (nSPS) is 17.2. The molecule has 33 heavy (non-hydrogen) atoms. The van der Waals surface area contributed by atoms with Gasteiger partial charge in [0.2, 0.25) is 0 Å². The van der Waals surface area contributed by atoms with Crippen LogP contribution in [0.25, 0.3) is 5.70 Å². The van der Waals surface area contributed by atoms with Crippen LogP contribution < -0.4 is 10.2 Å². The van der Waals surface area contributed by atoms with Gasteiger partial charge < -0.3 is 10.2 Å². The molecule has 0 atom stereocenters. The molecule has 0 unspecified atom stereocenters. The Kier molecular flexibility index (Phi) is 4.13. The van der Waals surface area contributed by atoms with Gasteiger partial charge >= 0.3 is 0 Å². The third kappa shape index (κ3) is 2.49. The summed E-state index contributed by atoms with van der Waals surface area (Å²) >= 11 is 3.79. The first-order chi connectivity index (χ1) is 16.3. The molecule has 0 saturated heterocycles. The fourth-order valence-corrected chi connectivity index (χ4v) is 6.63. The molecule has 3 aliphatic rings. The van der Waals surface area contributed by atoms with Crippen LogP contribution in [0.3, 0.4) is 0 Å². The molecule has 1 aliphatic carbocycles. The summed E-state index contributed by atoms with van der Waals surface area (Å²) in [6.07, 6.45) is 2.26. The van der Waals surface area contributed by atoms with Crippen LogP contribution in [0.5, 0.6) is 0 Å². The second-order valence-corrected chi connectivity index (χ2v) is 9.94. The van der Waals surface area contributed by atoms with E-state index in [9.17, 15) is 0 Å². The Morgan fingerprint density at radius 2 is 1.39 bits per heavy atom. The molecule has 2 heterocycles. The molecule has 0 radical (unpaired) electrons. The van der Waals surface area contributed by atoms with Gasteiger partial charge in [-0.25, -0.2) is 0 Å². The predicted octanol–water partition coefficient (Wildman–Crippen LogP) is 7.67. The average Bonchev–Trinajstić information content (AvgIpc) is 3.15. The van der Waals surface area contributed by atoms with E-state index in [0.29, 0.717) is 0 Å². The number of rotatable bonds is 1. The number of hydrogen-bond donors (Lipinski definition) is 1. The molecule has 7 rings (SSSR count). The van der Waals surface area contributed by atoms with Crippen molar-refractivity contribution < 1.29 is 0 Å². The molecule has 2 aliphatic heterocycles. The lowest BCUT2D eigenvalue weighted by Gasteiger charge is -2.46. The summed E-state index contributed by atoms with van der Waals surface area (Å²) in [6.45, 7) is 1.03. The standard InChI is InChI=1S/C30H23BrN2/c31-20-16-17-22-26(19-20)30(25-13-8-18-32-29(22)25)23-11-4-6-14-27(23)33(21-9-2-1-3-10-21)28-15-7-5-12-24(28)30/h1-7,9-12,14-17,19,32H,8,13,18H2. The lowest BCUT2D eigenvalue weighted by Crippen LogP contribution is -2.38. The second kappa shape index (κ2) is 7.10. The van der Waals surface area contributed by atoms with E-state index in [4.69, 9.17) is 0 Å². The predicted molar refractivity (Wildman–Crippen MR) is 139 cm³/mol. The number of halogens is 1. The molecular formula is C30H23BrN2. The van der Waals surface area contributed by atoms with Gasteiger partial charge in [0.25, 0.3) is 0 Å². The smallest absolute Gasteiger partial charge is 0.0732 e. The van der Waals surface area contributed by atoms with E-state index in [-0.39, 0.29) is 5.41 Å². The van der Waals surface area contributed by atoms with Gasteiger partial charge in [0.15, 0.2) is 0 Å². The Morgan fingerprint density at radius 3 is 2.12 bits per heavy atom. The van der Waals surface area contributed by atoms with Crippen molar-refractivity contribution in [3.05, 3.63) is 129 Å². The van der Waals surface area contributed by atoms with Crippen molar-refractivity contribution >= 4 is 38.7 Å². The van der Waals surface area contributed by atoms with Crippen LogP contribution in [0.4, 0.5) is 17.1 Å². The number of allylic oxidation sites excluding steroid dienone is 1. The second-order valence-electron chi connectivity index (χ2n) is 9.03. The number of para-hydroxylation sites is 3. The Balaban J connectivity index is 1.64. The molecule has 0 bridgehead atoms. The topological polar surface area (TPSA) is 15.3 Å². The first kappa shape index (κ1) is 19.2. The summed E-state index contributed by atoms with van der Waals surface area (Å²) in [7, 11) is 0. The molecular weight excluding hydrogens is 468 g/mol.